The smallest absolute Gasteiger partial charge is 0.221 e. The van der Waals surface area contributed by atoms with Crippen molar-refractivity contribution in [2.45, 2.75) is 32.7 Å². The van der Waals surface area contributed by atoms with Gasteiger partial charge in [-0.2, -0.15) is 5.10 Å². The number of carbonyl (C=O) groups excluding carboxylic acids is 1. The molecule has 0 fully saturated rings. The fourth-order valence-electron chi connectivity index (χ4n) is 4.24. The standard InChI is InChI=1S/C26H23FN4OS/c1-16-20(17(2)31-26(28-16)21-6-3-4-7-22(21)30-31)13-14-24(32)29-25(23-8-5-15-33-23)18-9-11-19(27)12-10-18/h3-12,15,25H,13-14H2,1-2H3,(H,29,32). The summed E-state index contributed by atoms with van der Waals surface area (Å²) in [7, 11) is 0. The van der Waals surface area contributed by atoms with E-state index in [-0.39, 0.29) is 17.8 Å². The van der Waals surface area contributed by atoms with Crippen molar-refractivity contribution >= 4 is 33.8 Å². The fraction of sp³-hybridized carbons (Fsp3) is 0.192. The number of rotatable bonds is 6. The lowest BCUT2D eigenvalue weighted by molar-refractivity contribution is -0.121. The maximum Gasteiger partial charge on any atom is 0.221 e. The van der Waals surface area contributed by atoms with E-state index in [1.165, 1.54) is 12.1 Å². The van der Waals surface area contributed by atoms with Crippen LogP contribution in [-0.4, -0.2) is 20.5 Å². The van der Waals surface area contributed by atoms with Gasteiger partial charge in [0.2, 0.25) is 5.91 Å². The molecule has 1 unspecified atom stereocenters. The monoisotopic (exact) mass is 458 g/mol. The summed E-state index contributed by atoms with van der Waals surface area (Å²) in [5.41, 5.74) is 5.52. The average molecular weight is 459 g/mol. The zero-order valence-electron chi connectivity index (χ0n) is 18.4. The second kappa shape index (κ2) is 8.75. The summed E-state index contributed by atoms with van der Waals surface area (Å²) in [6, 6.07) is 17.8. The van der Waals surface area contributed by atoms with E-state index in [9.17, 15) is 9.18 Å². The molecule has 3 heterocycles. The Bertz CT molecular complexity index is 1440. The molecule has 33 heavy (non-hydrogen) atoms. The molecule has 1 atom stereocenters. The molecule has 0 saturated heterocycles. The molecule has 0 saturated carbocycles. The molecule has 0 spiro atoms. The second-order valence-electron chi connectivity index (χ2n) is 8.08. The summed E-state index contributed by atoms with van der Waals surface area (Å²) in [5, 5.41) is 10.8. The zero-order valence-corrected chi connectivity index (χ0v) is 19.2. The van der Waals surface area contributed by atoms with E-state index in [1.807, 2.05) is 60.1 Å². The quantitative estimate of drug-likeness (QED) is 0.364. The van der Waals surface area contributed by atoms with Crippen LogP contribution >= 0.6 is 11.3 Å². The summed E-state index contributed by atoms with van der Waals surface area (Å²) in [5.74, 6) is -0.364. The van der Waals surface area contributed by atoms with Crippen LogP contribution in [0.1, 0.15) is 39.9 Å². The molecular formula is C26H23FN4OS. The van der Waals surface area contributed by atoms with Crippen molar-refractivity contribution in [1.82, 2.24) is 19.9 Å². The first kappa shape index (κ1) is 21.3. The molecular weight excluding hydrogens is 435 g/mol. The lowest BCUT2D eigenvalue weighted by Crippen LogP contribution is -2.29. The van der Waals surface area contributed by atoms with Crippen LogP contribution in [0.3, 0.4) is 0 Å². The number of fused-ring (bicyclic) bond motifs is 3. The first-order chi connectivity index (χ1) is 16.0. The van der Waals surface area contributed by atoms with Gasteiger partial charge in [0.15, 0.2) is 5.65 Å². The Morgan fingerprint density at radius 1 is 1.09 bits per heavy atom. The van der Waals surface area contributed by atoms with Crippen molar-refractivity contribution in [3.63, 3.8) is 0 Å². The molecule has 166 valence electrons. The van der Waals surface area contributed by atoms with Crippen LogP contribution in [0.2, 0.25) is 0 Å². The van der Waals surface area contributed by atoms with Gasteiger partial charge in [0.05, 0.1) is 11.6 Å². The van der Waals surface area contributed by atoms with Crippen molar-refractivity contribution < 1.29 is 9.18 Å². The van der Waals surface area contributed by atoms with E-state index in [0.717, 1.165) is 43.9 Å². The van der Waals surface area contributed by atoms with Crippen LogP contribution in [0.5, 0.6) is 0 Å². The number of aromatic nitrogens is 3. The molecule has 3 aromatic heterocycles. The van der Waals surface area contributed by atoms with E-state index >= 15 is 0 Å². The van der Waals surface area contributed by atoms with E-state index in [0.29, 0.717) is 12.8 Å². The highest BCUT2D eigenvalue weighted by Crippen LogP contribution is 2.27. The van der Waals surface area contributed by atoms with E-state index < -0.39 is 0 Å². The van der Waals surface area contributed by atoms with Crippen LogP contribution < -0.4 is 5.32 Å². The topological polar surface area (TPSA) is 59.3 Å². The number of hydrogen-bond donors (Lipinski definition) is 1. The number of thiophene rings is 1. The Hall–Kier alpha value is -3.58. The van der Waals surface area contributed by atoms with Gasteiger partial charge in [-0.25, -0.2) is 13.9 Å². The minimum Gasteiger partial charge on any atom is -0.344 e. The summed E-state index contributed by atoms with van der Waals surface area (Å²) < 4.78 is 15.3. The van der Waals surface area contributed by atoms with Crippen LogP contribution in [0.25, 0.3) is 16.6 Å². The van der Waals surface area contributed by atoms with Crippen molar-refractivity contribution in [2.75, 3.05) is 0 Å². The molecule has 0 aliphatic heterocycles. The Morgan fingerprint density at radius 2 is 1.88 bits per heavy atom. The predicted octanol–water partition coefficient (Wildman–Crippen LogP) is 5.54. The summed E-state index contributed by atoms with van der Waals surface area (Å²) in [4.78, 5) is 18.8. The number of nitrogens with one attached hydrogen (secondary N) is 1. The van der Waals surface area contributed by atoms with Crippen molar-refractivity contribution in [3.05, 3.63) is 99.3 Å². The Kier molecular flexibility index (Phi) is 5.64. The maximum absolute atomic E-state index is 13.4. The highest BCUT2D eigenvalue weighted by molar-refractivity contribution is 7.10. The van der Waals surface area contributed by atoms with Gasteiger partial charge >= 0.3 is 0 Å². The van der Waals surface area contributed by atoms with Gasteiger partial charge in [-0.05, 0) is 67.1 Å². The van der Waals surface area contributed by atoms with Gasteiger partial charge in [0.25, 0.3) is 0 Å². The average Bonchev–Trinajstić information content (AvgIpc) is 3.47. The molecule has 5 rings (SSSR count). The molecule has 5 aromatic rings. The normalized spacial score (nSPS) is 12.3. The SMILES string of the molecule is Cc1nc2c3ccccc3nn2c(C)c1CCC(=O)NC(c1ccc(F)cc1)c1cccs1. The minimum atomic E-state index is -0.308. The highest BCUT2D eigenvalue weighted by Gasteiger charge is 2.19. The molecule has 2 aromatic carbocycles. The Morgan fingerprint density at radius 3 is 2.64 bits per heavy atom. The van der Waals surface area contributed by atoms with Gasteiger partial charge in [-0.1, -0.05) is 30.3 Å². The number of hydrogen-bond acceptors (Lipinski definition) is 4. The molecule has 0 aliphatic carbocycles. The lowest BCUT2D eigenvalue weighted by atomic mass is 10.0. The molecule has 0 radical (unpaired) electrons. The fourth-order valence-corrected chi connectivity index (χ4v) is 5.04. The number of halogens is 1. The van der Waals surface area contributed by atoms with Crippen LogP contribution in [-0.2, 0) is 11.2 Å². The molecule has 1 amide bonds. The maximum atomic E-state index is 13.4. The van der Waals surface area contributed by atoms with Crippen LogP contribution in [0.15, 0.2) is 66.0 Å². The van der Waals surface area contributed by atoms with Gasteiger partial charge in [0, 0.05) is 28.1 Å². The Labute approximate surface area is 194 Å². The highest BCUT2D eigenvalue weighted by atomic mass is 32.1. The number of carbonyl (C=O) groups is 1. The van der Waals surface area contributed by atoms with Crippen LogP contribution in [0.4, 0.5) is 4.39 Å². The predicted molar refractivity (Wildman–Crippen MR) is 129 cm³/mol. The van der Waals surface area contributed by atoms with Gasteiger partial charge in [0.1, 0.15) is 5.82 Å². The zero-order chi connectivity index (χ0) is 22.9. The van der Waals surface area contributed by atoms with Gasteiger partial charge in [-0.15, -0.1) is 11.3 Å². The third-order valence-electron chi connectivity index (χ3n) is 5.96. The van der Waals surface area contributed by atoms with Crippen molar-refractivity contribution in [2.24, 2.45) is 0 Å². The largest absolute Gasteiger partial charge is 0.344 e. The summed E-state index contributed by atoms with van der Waals surface area (Å²) >= 11 is 1.56. The lowest BCUT2D eigenvalue weighted by Gasteiger charge is -2.19. The number of aryl methyl sites for hydroxylation is 2. The molecule has 5 nitrogen and oxygen atoms in total. The summed E-state index contributed by atoms with van der Waals surface area (Å²) in [6.45, 7) is 4.00. The number of nitrogens with zero attached hydrogens (tertiary/aromatic N) is 3. The molecule has 1 N–H and O–H groups in total. The number of benzene rings is 2. The minimum absolute atomic E-state index is 0.0674. The first-order valence-electron chi connectivity index (χ1n) is 10.8. The third-order valence-corrected chi connectivity index (χ3v) is 6.89. The van der Waals surface area contributed by atoms with Crippen LogP contribution in [0, 0.1) is 19.7 Å². The van der Waals surface area contributed by atoms with Gasteiger partial charge < -0.3 is 5.32 Å². The molecule has 0 bridgehead atoms. The van der Waals surface area contributed by atoms with Crippen molar-refractivity contribution in [1.29, 1.82) is 0 Å². The van der Waals surface area contributed by atoms with E-state index in [2.05, 4.69) is 5.32 Å². The third kappa shape index (κ3) is 4.12. The first-order valence-corrected chi connectivity index (χ1v) is 11.7. The van der Waals surface area contributed by atoms with E-state index in [4.69, 9.17) is 10.1 Å². The number of amides is 1. The van der Waals surface area contributed by atoms with Gasteiger partial charge in [-0.3, -0.25) is 4.79 Å². The Balaban J connectivity index is 1.38. The van der Waals surface area contributed by atoms with Crippen molar-refractivity contribution in [3.8, 4) is 0 Å². The van der Waals surface area contributed by atoms with E-state index in [1.54, 1.807) is 23.5 Å². The summed E-state index contributed by atoms with van der Waals surface area (Å²) in [6.07, 6.45) is 0.877. The second-order valence-corrected chi connectivity index (χ2v) is 9.06. The molecule has 7 heteroatoms. The molecule has 0 aliphatic rings.